The quantitative estimate of drug-likeness (QED) is 0.650. The van der Waals surface area contributed by atoms with Crippen LogP contribution >= 0.6 is 0 Å². The number of likely N-dealkylation sites (tertiary alicyclic amines) is 1. The predicted octanol–water partition coefficient (Wildman–Crippen LogP) is 3.42. The van der Waals surface area contributed by atoms with Gasteiger partial charge in [-0.3, -0.25) is 0 Å². The summed E-state index contributed by atoms with van der Waals surface area (Å²) in [5.41, 5.74) is 1.83. The Kier molecular flexibility index (Phi) is 7.61. The Balaban J connectivity index is 1.75. The summed E-state index contributed by atoms with van der Waals surface area (Å²) in [4.78, 5) is 2.48. The monoisotopic (exact) mass is 414 g/mol. The molecule has 0 spiro atoms. The third-order valence-electron chi connectivity index (χ3n) is 5.19. The van der Waals surface area contributed by atoms with E-state index in [2.05, 4.69) is 9.62 Å². The maximum atomic E-state index is 12.9. The summed E-state index contributed by atoms with van der Waals surface area (Å²) in [6, 6.07) is 15.6. The fourth-order valence-corrected chi connectivity index (χ4v) is 4.72. The van der Waals surface area contributed by atoms with Gasteiger partial charge in [-0.2, -0.15) is 4.72 Å². The molecule has 1 aliphatic heterocycles. The van der Waals surface area contributed by atoms with Crippen molar-refractivity contribution in [1.82, 2.24) is 9.62 Å². The van der Waals surface area contributed by atoms with E-state index in [0.717, 1.165) is 24.2 Å². The molecule has 0 bridgehead atoms. The largest absolute Gasteiger partial charge is 0.388 e. The fraction of sp³-hybridized carbons (Fsp3) is 0.391. The van der Waals surface area contributed by atoms with E-state index in [4.69, 9.17) is 0 Å². The minimum atomic E-state index is -3.69. The van der Waals surface area contributed by atoms with Crippen LogP contribution in [0.25, 0.3) is 0 Å². The molecule has 0 saturated carbocycles. The molecule has 2 aromatic rings. The first-order chi connectivity index (χ1) is 13.9. The zero-order valence-electron chi connectivity index (χ0n) is 16.9. The zero-order chi connectivity index (χ0) is 20.7. The molecule has 5 nitrogen and oxygen atoms in total. The Bertz CT molecular complexity index is 889. The van der Waals surface area contributed by atoms with Crippen LogP contribution < -0.4 is 4.72 Å². The average molecular weight is 415 g/mol. The normalized spacial score (nSPS) is 18.0. The van der Waals surface area contributed by atoms with Gasteiger partial charge in [0.15, 0.2) is 0 Å². The smallest absolute Gasteiger partial charge is 0.241 e. The van der Waals surface area contributed by atoms with Crippen molar-refractivity contribution in [2.75, 3.05) is 19.6 Å². The van der Waals surface area contributed by atoms with Gasteiger partial charge in [-0.25, -0.2) is 8.42 Å². The Morgan fingerprint density at radius 2 is 1.66 bits per heavy atom. The Hall–Kier alpha value is -1.99. The SMILES string of the molecule is Cc1ccc(S(=O)(=O)N[C@@H](C=C[C@@H](O)CN2CCCCC2)c2ccccc2)cc1. The van der Waals surface area contributed by atoms with Crippen LogP contribution in [0.1, 0.15) is 36.4 Å². The van der Waals surface area contributed by atoms with Crippen LogP contribution in [0.3, 0.4) is 0 Å². The molecule has 0 unspecified atom stereocenters. The molecule has 0 aromatic heterocycles. The molecule has 2 N–H and O–H groups in total. The standard InChI is InChI=1S/C23H30N2O3S/c1-19-10-13-22(14-11-19)29(27,28)24-23(20-8-4-2-5-9-20)15-12-21(26)18-25-16-6-3-7-17-25/h2,4-5,8-15,21,23-24,26H,3,6-7,16-18H2,1H3/t21-,23+/m1/s1. The Morgan fingerprint density at radius 1 is 1.00 bits per heavy atom. The van der Waals surface area contributed by atoms with Crippen molar-refractivity contribution in [3.05, 3.63) is 77.9 Å². The molecule has 0 radical (unpaired) electrons. The molecule has 0 amide bonds. The maximum Gasteiger partial charge on any atom is 0.241 e. The van der Waals surface area contributed by atoms with Crippen molar-refractivity contribution < 1.29 is 13.5 Å². The molecule has 2 atom stereocenters. The number of rotatable bonds is 8. The van der Waals surface area contributed by atoms with Gasteiger partial charge in [-0.05, 0) is 50.6 Å². The number of aliphatic hydroxyl groups is 1. The van der Waals surface area contributed by atoms with Crippen LogP contribution in [0.5, 0.6) is 0 Å². The Labute approximate surface area is 174 Å². The lowest BCUT2D eigenvalue weighted by Crippen LogP contribution is -2.35. The number of piperidine rings is 1. The number of sulfonamides is 1. The van der Waals surface area contributed by atoms with Crippen molar-refractivity contribution in [1.29, 1.82) is 0 Å². The third-order valence-corrected chi connectivity index (χ3v) is 6.65. The van der Waals surface area contributed by atoms with Crippen LogP contribution in [0.2, 0.25) is 0 Å². The van der Waals surface area contributed by atoms with E-state index in [1.165, 1.54) is 19.3 Å². The first-order valence-electron chi connectivity index (χ1n) is 10.2. The number of hydrogen-bond acceptors (Lipinski definition) is 4. The summed E-state index contributed by atoms with van der Waals surface area (Å²) >= 11 is 0. The van der Waals surface area contributed by atoms with Gasteiger partial charge in [0, 0.05) is 6.54 Å². The van der Waals surface area contributed by atoms with Crippen molar-refractivity contribution in [2.45, 2.75) is 43.2 Å². The second-order valence-corrected chi connectivity index (χ2v) is 9.35. The van der Waals surface area contributed by atoms with E-state index in [1.54, 1.807) is 36.4 Å². The summed E-state index contributed by atoms with van der Waals surface area (Å²) in [5.74, 6) is 0. The number of nitrogens with one attached hydrogen (secondary N) is 1. The topological polar surface area (TPSA) is 69.6 Å². The molecule has 1 aliphatic rings. The van der Waals surface area contributed by atoms with E-state index < -0.39 is 22.2 Å². The lowest BCUT2D eigenvalue weighted by molar-refractivity contribution is 0.131. The molecule has 6 heteroatoms. The summed E-state index contributed by atoms with van der Waals surface area (Å²) in [6.07, 6.45) is 6.39. The summed E-state index contributed by atoms with van der Waals surface area (Å²) in [6.45, 7) is 4.51. The number of aliphatic hydroxyl groups excluding tert-OH is 1. The van der Waals surface area contributed by atoms with Gasteiger partial charge < -0.3 is 10.0 Å². The molecule has 156 valence electrons. The third kappa shape index (κ3) is 6.51. The van der Waals surface area contributed by atoms with Crippen molar-refractivity contribution in [2.24, 2.45) is 0 Å². The van der Waals surface area contributed by atoms with Crippen LogP contribution in [-0.2, 0) is 10.0 Å². The first-order valence-corrected chi connectivity index (χ1v) is 11.6. The van der Waals surface area contributed by atoms with E-state index in [9.17, 15) is 13.5 Å². The van der Waals surface area contributed by atoms with Crippen molar-refractivity contribution in [3.8, 4) is 0 Å². The number of hydrogen-bond donors (Lipinski definition) is 2. The van der Waals surface area contributed by atoms with E-state index in [1.807, 2.05) is 37.3 Å². The van der Waals surface area contributed by atoms with Crippen LogP contribution in [0.15, 0.2) is 71.6 Å². The van der Waals surface area contributed by atoms with Gasteiger partial charge in [-0.1, -0.05) is 66.6 Å². The molecule has 1 heterocycles. The van der Waals surface area contributed by atoms with E-state index >= 15 is 0 Å². The summed E-state index contributed by atoms with van der Waals surface area (Å²) < 4.78 is 28.5. The number of β-amino-alcohol motifs (C(OH)–C–C–N with tert-alkyl or cyclic N) is 1. The lowest BCUT2D eigenvalue weighted by Gasteiger charge is -2.27. The van der Waals surface area contributed by atoms with Gasteiger partial charge in [0.2, 0.25) is 10.0 Å². The van der Waals surface area contributed by atoms with Gasteiger partial charge in [0.25, 0.3) is 0 Å². The fourth-order valence-electron chi connectivity index (χ4n) is 3.54. The highest BCUT2D eigenvalue weighted by molar-refractivity contribution is 7.89. The molecular weight excluding hydrogens is 384 g/mol. The summed E-state index contributed by atoms with van der Waals surface area (Å²) in [5, 5.41) is 10.4. The van der Waals surface area contributed by atoms with E-state index in [-0.39, 0.29) is 4.90 Å². The second-order valence-electron chi connectivity index (χ2n) is 7.64. The van der Waals surface area contributed by atoms with Crippen LogP contribution in [-0.4, -0.2) is 44.2 Å². The highest BCUT2D eigenvalue weighted by Gasteiger charge is 2.20. The minimum Gasteiger partial charge on any atom is -0.388 e. The second kappa shape index (κ2) is 10.2. The van der Waals surface area contributed by atoms with Gasteiger partial charge in [0.1, 0.15) is 0 Å². The molecule has 0 aliphatic carbocycles. The zero-order valence-corrected chi connectivity index (χ0v) is 17.7. The molecular formula is C23H30N2O3S. The van der Waals surface area contributed by atoms with E-state index in [0.29, 0.717) is 6.54 Å². The van der Waals surface area contributed by atoms with Gasteiger partial charge in [0.05, 0.1) is 17.0 Å². The van der Waals surface area contributed by atoms with Crippen molar-refractivity contribution >= 4 is 10.0 Å². The van der Waals surface area contributed by atoms with Crippen molar-refractivity contribution in [3.63, 3.8) is 0 Å². The number of nitrogens with zero attached hydrogens (tertiary/aromatic N) is 1. The van der Waals surface area contributed by atoms with Gasteiger partial charge in [-0.15, -0.1) is 0 Å². The highest BCUT2D eigenvalue weighted by Crippen LogP contribution is 2.19. The predicted molar refractivity (Wildman–Crippen MR) is 116 cm³/mol. The molecule has 3 rings (SSSR count). The van der Waals surface area contributed by atoms with Crippen LogP contribution in [0.4, 0.5) is 0 Å². The van der Waals surface area contributed by atoms with Crippen LogP contribution in [0, 0.1) is 6.92 Å². The number of aryl methyl sites for hydroxylation is 1. The summed E-state index contributed by atoms with van der Waals surface area (Å²) in [7, 11) is -3.69. The molecule has 1 saturated heterocycles. The molecule has 29 heavy (non-hydrogen) atoms. The Morgan fingerprint density at radius 3 is 2.31 bits per heavy atom. The number of benzene rings is 2. The lowest BCUT2D eigenvalue weighted by atomic mass is 10.1. The highest BCUT2D eigenvalue weighted by atomic mass is 32.2. The molecule has 2 aromatic carbocycles. The average Bonchev–Trinajstić information content (AvgIpc) is 2.73. The maximum absolute atomic E-state index is 12.9. The molecule has 1 fully saturated rings. The minimum absolute atomic E-state index is 0.228. The van der Waals surface area contributed by atoms with Gasteiger partial charge >= 0.3 is 0 Å². The first kappa shape index (κ1) is 21.7.